The van der Waals surface area contributed by atoms with E-state index in [-0.39, 0.29) is 0 Å². The van der Waals surface area contributed by atoms with Crippen LogP contribution in [0.2, 0.25) is 6.43 Å². The van der Waals surface area contributed by atoms with Gasteiger partial charge in [0, 0.05) is 5.02 Å². The Hall–Kier alpha value is -1.06. The molecule has 0 fully saturated rings. The van der Waals surface area contributed by atoms with Crippen LogP contribution in [0.4, 0.5) is 0 Å². The van der Waals surface area contributed by atoms with Crippen LogP contribution in [-0.4, -0.2) is 13.1 Å². The number of rotatable bonds is 3. The fraction of sp³-hybridized carbons (Fsp3) is 0.222. The summed E-state index contributed by atoms with van der Waals surface area (Å²) in [4.78, 5) is 11.6. The summed E-state index contributed by atoms with van der Waals surface area (Å²) in [5.74, 6) is -1.22. The Balaban J connectivity index is 3.72. The van der Waals surface area contributed by atoms with Crippen LogP contribution in [0.5, 0.6) is 0 Å². The highest BCUT2D eigenvalue weighted by atomic mass is 35.5. The van der Waals surface area contributed by atoms with Gasteiger partial charge in [-0.05, 0) is 17.6 Å². The van der Waals surface area contributed by atoms with Crippen molar-refractivity contribution in [2.24, 2.45) is 5.73 Å². The van der Waals surface area contributed by atoms with E-state index in [0.717, 1.165) is 7.11 Å². The summed E-state index contributed by atoms with van der Waals surface area (Å²) < 4.78 is 49.6. The van der Waals surface area contributed by atoms with E-state index in [1.807, 2.05) is 0 Å². The molecule has 1 aromatic carbocycles. The van der Waals surface area contributed by atoms with E-state index in [9.17, 15) is 4.79 Å². The lowest BCUT2D eigenvalue weighted by molar-refractivity contribution is -0.142. The molecule has 0 saturated carbocycles. The van der Waals surface area contributed by atoms with E-state index >= 15 is 0 Å². The number of methoxy groups -OCH3 is 1. The molecule has 0 aliphatic heterocycles. The number of esters is 1. The van der Waals surface area contributed by atoms with Crippen molar-refractivity contribution in [2.75, 3.05) is 7.11 Å². The summed E-state index contributed by atoms with van der Waals surface area (Å²) >= 11 is 5.67. The standard InChI is InChI=1S/C9H10ClNO2/c1-13-9(12)8(11)6-3-2-4-7(10)5-6/h2-5,8H,11H2,1H3/i2D,3D,4D,5D,8D/hD. The van der Waals surface area contributed by atoms with Gasteiger partial charge in [-0.3, -0.25) is 4.79 Å². The predicted octanol–water partition coefficient (Wildman–Crippen LogP) is 1.51. The molecule has 0 bridgehead atoms. The Morgan fingerprint density at radius 2 is 2.69 bits per heavy atom. The molecule has 4 heteroatoms. The Morgan fingerprint density at radius 3 is 3.31 bits per heavy atom. The van der Waals surface area contributed by atoms with Gasteiger partial charge in [-0.2, -0.15) is 0 Å². The molecule has 0 saturated heterocycles. The van der Waals surface area contributed by atoms with Crippen LogP contribution in [0.3, 0.4) is 0 Å². The summed E-state index contributed by atoms with van der Waals surface area (Å²) in [7, 11) is 0.984. The highest BCUT2D eigenvalue weighted by Crippen LogP contribution is 2.16. The van der Waals surface area contributed by atoms with Crippen LogP contribution in [0.15, 0.2) is 24.2 Å². The first kappa shape index (κ1) is 4.44. The molecule has 1 atom stereocenters. The van der Waals surface area contributed by atoms with E-state index in [2.05, 4.69) is 4.74 Å². The average molecular weight is 206 g/mol. The maximum absolute atomic E-state index is 11.6. The van der Waals surface area contributed by atoms with E-state index in [1.54, 1.807) is 5.73 Å². The van der Waals surface area contributed by atoms with Crippen molar-refractivity contribution in [3.05, 3.63) is 34.8 Å². The molecule has 0 aliphatic carbocycles. The second kappa shape index (κ2) is 4.25. The molecular formula is C9H10ClNO2. The highest BCUT2D eigenvalue weighted by molar-refractivity contribution is 6.30. The first-order valence-electron chi connectivity index (χ1n) is 6.26. The predicted molar refractivity (Wildman–Crippen MR) is 50.4 cm³/mol. The number of benzene rings is 1. The van der Waals surface area contributed by atoms with Gasteiger partial charge in [-0.1, -0.05) is 23.7 Å². The molecule has 3 nitrogen and oxygen atoms in total. The fourth-order valence-electron chi connectivity index (χ4n) is 0.650. The Morgan fingerprint density at radius 1 is 1.92 bits per heavy atom. The number of ether oxygens (including phenoxy) is 1. The van der Waals surface area contributed by atoms with Gasteiger partial charge in [0.05, 0.1) is 14.0 Å². The largest absolute Gasteiger partial charge is 0.468 e. The van der Waals surface area contributed by atoms with Crippen LogP contribution in [0, 0.1) is 0 Å². The van der Waals surface area contributed by atoms with Crippen LogP contribution in [0.25, 0.3) is 0 Å². The molecule has 0 radical (unpaired) electrons. The summed E-state index contributed by atoms with van der Waals surface area (Å²) in [6.45, 7) is 0. The van der Waals surface area contributed by atoms with Crippen molar-refractivity contribution in [1.82, 2.24) is 0 Å². The smallest absolute Gasteiger partial charge is 0.327 e. The molecule has 1 unspecified atom stereocenters. The van der Waals surface area contributed by atoms with Crippen molar-refractivity contribution in [3.8, 4) is 0 Å². The van der Waals surface area contributed by atoms with Crippen LogP contribution in [0.1, 0.15) is 18.4 Å². The molecule has 1 rings (SSSR count). The minimum Gasteiger partial charge on any atom is -0.468 e. The topological polar surface area (TPSA) is 52.3 Å². The van der Waals surface area contributed by atoms with Crippen molar-refractivity contribution in [2.45, 2.75) is 6.02 Å². The van der Waals surface area contributed by atoms with Gasteiger partial charge in [0.15, 0.2) is 0 Å². The number of nitrogens with two attached hydrogens (primary N) is 1. The van der Waals surface area contributed by atoms with E-state index in [0.29, 0.717) is 0 Å². The van der Waals surface area contributed by atoms with Gasteiger partial charge in [-0.15, -0.1) is 0 Å². The Bertz CT molecular complexity index is 511. The maximum atomic E-state index is 11.6. The van der Waals surface area contributed by atoms with Gasteiger partial charge in [0.1, 0.15) is 7.43 Å². The average Bonchev–Trinajstić information content (AvgIpc) is 2.41. The highest BCUT2D eigenvalue weighted by Gasteiger charge is 2.15. The second-order valence-corrected chi connectivity index (χ2v) is 2.43. The molecule has 70 valence electrons. The lowest BCUT2D eigenvalue weighted by Crippen LogP contribution is -2.22. The van der Waals surface area contributed by atoms with Gasteiger partial charge in [-0.25, -0.2) is 0 Å². The third kappa shape index (κ3) is 2.44. The zero-order valence-electron chi connectivity index (χ0n) is 12.7. The monoisotopic (exact) mass is 205 g/mol. The quantitative estimate of drug-likeness (QED) is 0.762. The third-order valence-corrected chi connectivity index (χ3v) is 1.42. The van der Waals surface area contributed by atoms with E-state index < -0.39 is 46.7 Å². The summed E-state index contributed by atoms with van der Waals surface area (Å²) in [6.07, 6.45) is 0. The SMILES string of the molecule is [2H]NC([2H])(C(=O)OC)c1c([2H])c([2H])c([2H])c(Cl)c1[2H]. The van der Waals surface area contributed by atoms with Crippen molar-refractivity contribution in [3.63, 3.8) is 0 Å². The van der Waals surface area contributed by atoms with Gasteiger partial charge >= 0.3 is 5.97 Å². The zero-order chi connectivity index (χ0) is 15.0. The number of carbonyl (C=O) groups excluding carboxylic acids is 1. The van der Waals surface area contributed by atoms with Crippen LogP contribution < -0.4 is 5.73 Å². The summed E-state index contributed by atoms with van der Waals surface area (Å²) in [6, 6.07) is -5.06. The van der Waals surface area contributed by atoms with Crippen molar-refractivity contribution < 1.29 is 17.8 Å². The lowest BCUT2D eigenvalue weighted by Gasteiger charge is -2.08. The molecule has 1 aromatic rings. The number of hydrogen-bond donors (Lipinski definition) is 1. The molecule has 0 aromatic heterocycles. The minimum absolute atomic E-state index is 0.466. The van der Waals surface area contributed by atoms with Crippen LogP contribution >= 0.6 is 11.6 Å². The number of halogens is 1. The molecule has 0 spiro atoms. The molecule has 0 heterocycles. The summed E-state index contributed by atoms with van der Waals surface area (Å²) in [5.41, 5.74) is 1.00. The second-order valence-electron chi connectivity index (χ2n) is 2.06. The number of carbonyl (C=O) groups is 1. The first-order valence-corrected chi connectivity index (χ1v) is 3.63. The molecular weight excluding hydrogens is 190 g/mol. The van der Waals surface area contributed by atoms with E-state index in [1.165, 1.54) is 0 Å². The lowest BCUT2D eigenvalue weighted by atomic mass is 10.1. The molecule has 0 aliphatic rings. The molecule has 0 amide bonds. The van der Waals surface area contributed by atoms with Crippen molar-refractivity contribution in [1.29, 1.82) is 0 Å². The van der Waals surface area contributed by atoms with E-state index in [4.69, 9.17) is 19.9 Å². The van der Waals surface area contributed by atoms with Gasteiger partial charge in [0.2, 0.25) is 0 Å². The summed E-state index contributed by atoms with van der Waals surface area (Å²) in [5, 5.41) is -0.466. The van der Waals surface area contributed by atoms with Gasteiger partial charge in [0.25, 0.3) is 0 Å². The fourth-order valence-corrected chi connectivity index (χ4v) is 0.792. The molecule has 2 N–H and O–H groups in total. The van der Waals surface area contributed by atoms with Crippen molar-refractivity contribution >= 4 is 17.6 Å². The minimum atomic E-state index is -2.56. The van der Waals surface area contributed by atoms with Gasteiger partial charge < -0.3 is 10.5 Å². The Kier molecular flexibility index (Phi) is 1.45. The number of hydrogen-bond acceptors (Lipinski definition) is 3. The normalized spacial score (nSPS) is 21.1. The zero-order valence-corrected chi connectivity index (χ0v) is 7.45. The van der Waals surface area contributed by atoms with Crippen LogP contribution in [-0.2, 0) is 9.53 Å². The maximum Gasteiger partial charge on any atom is 0.327 e. The molecule has 13 heavy (non-hydrogen) atoms. The Labute approximate surface area is 89.9 Å². The first-order chi connectivity index (χ1) is 8.72. The third-order valence-electron chi connectivity index (χ3n) is 1.23.